The van der Waals surface area contributed by atoms with Crippen molar-refractivity contribution in [3.05, 3.63) is 34.4 Å². The van der Waals surface area contributed by atoms with Crippen molar-refractivity contribution in [1.82, 2.24) is 4.90 Å². The normalized spacial score (nSPS) is 18.6. The molecule has 0 bridgehead atoms. The van der Waals surface area contributed by atoms with Gasteiger partial charge in [-0.3, -0.25) is 14.9 Å². The highest BCUT2D eigenvalue weighted by Crippen LogP contribution is 2.17. The Balaban J connectivity index is 1.85. The molecule has 0 N–H and O–H groups in total. The first kappa shape index (κ1) is 14.3. The van der Waals surface area contributed by atoms with Crippen LogP contribution in [0.3, 0.4) is 0 Å². The smallest absolute Gasteiger partial charge is 0.269 e. The van der Waals surface area contributed by atoms with E-state index in [0.717, 1.165) is 0 Å². The largest absolute Gasteiger partial charge is 0.484 e. The lowest BCUT2D eigenvalue weighted by atomic mass is 10.3. The topological polar surface area (TPSA) is 81.9 Å². The number of ether oxygens (including phenoxy) is 2. The first-order valence-electron chi connectivity index (χ1n) is 6.33. The predicted molar refractivity (Wildman–Crippen MR) is 70.6 cm³/mol. The summed E-state index contributed by atoms with van der Waals surface area (Å²) < 4.78 is 10.7. The second kappa shape index (κ2) is 6.33. The van der Waals surface area contributed by atoms with Crippen molar-refractivity contribution in [3.63, 3.8) is 0 Å². The predicted octanol–water partition coefficient (Wildman–Crippen LogP) is 1.22. The van der Waals surface area contributed by atoms with Crippen LogP contribution in [0.1, 0.15) is 6.92 Å². The number of nitrogens with zero attached hydrogens (tertiary/aromatic N) is 2. The summed E-state index contributed by atoms with van der Waals surface area (Å²) in [6.07, 6.45) is 0.0343. The first-order chi connectivity index (χ1) is 9.56. The van der Waals surface area contributed by atoms with Gasteiger partial charge >= 0.3 is 0 Å². The van der Waals surface area contributed by atoms with E-state index in [-0.39, 0.29) is 24.3 Å². The maximum Gasteiger partial charge on any atom is 0.269 e. The number of amides is 1. The molecule has 1 aliphatic heterocycles. The second-order valence-electron chi connectivity index (χ2n) is 4.56. The van der Waals surface area contributed by atoms with Gasteiger partial charge in [0.25, 0.3) is 11.6 Å². The van der Waals surface area contributed by atoms with Crippen LogP contribution in [0, 0.1) is 10.1 Å². The molecule has 0 unspecified atom stereocenters. The standard InChI is InChI=1S/C13H16N2O5/c1-10-8-14(6-7-19-10)13(16)9-20-12-4-2-11(3-5-12)15(17)18/h2-5,10H,6-9H2,1H3/t10-/m1/s1. The van der Waals surface area contributed by atoms with Gasteiger partial charge in [-0.2, -0.15) is 0 Å². The Labute approximate surface area is 116 Å². The highest BCUT2D eigenvalue weighted by atomic mass is 16.6. The number of non-ortho nitro benzene ring substituents is 1. The molecule has 0 radical (unpaired) electrons. The van der Waals surface area contributed by atoms with Gasteiger partial charge in [0, 0.05) is 25.2 Å². The van der Waals surface area contributed by atoms with Gasteiger partial charge in [0.1, 0.15) is 5.75 Å². The third-order valence-electron chi connectivity index (χ3n) is 3.00. The van der Waals surface area contributed by atoms with Crippen LogP contribution in [-0.4, -0.2) is 48.1 Å². The number of carbonyl (C=O) groups excluding carboxylic acids is 1. The Morgan fingerprint density at radius 3 is 2.80 bits per heavy atom. The summed E-state index contributed by atoms with van der Waals surface area (Å²) in [4.78, 5) is 23.6. The Hall–Kier alpha value is -2.15. The number of nitro groups is 1. The monoisotopic (exact) mass is 280 g/mol. The number of morpholine rings is 1. The molecule has 7 nitrogen and oxygen atoms in total. The van der Waals surface area contributed by atoms with Gasteiger partial charge < -0.3 is 14.4 Å². The molecule has 0 saturated carbocycles. The number of benzene rings is 1. The Morgan fingerprint density at radius 1 is 1.50 bits per heavy atom. The number of carbonyl (C=O) groups is 1. The highest BCUT2D eigenvalue weighted by molar-refractivity contribution is 5.77. The summed E-state index contributed by atoms with van der Waals surface area (Å²) in [6.45, 7) is 3.49. The lowest BCUT2D eigenvalue weighted by Crippen LogP contribution is -2.46. The highest BCUT2D eigenvalue weighted by Gasteiger charge is 2.21. The zero-order valence-corrected chi connectivity index (χ0v) is 11.2. The van der Waals surface area contributed by atoms with Gasteiger partial charge in [0.05, 0.1) is 17.6 Å². The fourth-order valence-corrected chi connectivity index (χ4v) is 1.95. The van der Waals surface area contributed by atoms with Crippen molar-refractivity contribution in [2.45, 2.75) is 13.0 Å². The zero-order chi connectivity index (χ0) is 14.5. The molecule has 1 atom stereocenters. The SMILES string of the molecule is C[C@@H]1CN(C(=O)COc2ccc([N+](=O)[O-])cc2)CCO1. The van der Waals surface area contributed by atoms with E-state index < -0.39 is 4.92 Å². The Bertz CT molecular complexity index is 488. The van der Waals surface area contributed by atoms with Crippen molar-refractivity contribution in [3.8, 4) is 5.75 Å². The molecule has 1 aromatic rings. The molecular weight excluding hydrogens is 264 g/mol. The van der Waals surface area contributed by atoms with E-state index in [1.807, 2.05) is 6.92 Å². The van der Waals surface area contributed by atoms with Crippen LogP contribution >= 0.6 is 0 Å². The molecule has 1 heterocycles. The summed E-state index contributed by atoms with van der Waals surface area (Å²) in [5.41, 5.74) is -0.00863. The van der Waals surface area contributed by atoms with Crippen LogP contribution in [-0.2, 0) is 9.53 Å². The number of hydrogen-bond donors (Lipinski definition) is 0. The summed E-state index contributed by atoms with van der Waals surface area (Å²) in [5, 5.41) is 10.5. The van der Waals surface area contributed by atoms with Crippen LogP contribution in [0.5, 0.6) is 5.75 Å². The van der Waals surface area contributed by atoms with E-state index in [9.17, 15) is 14.9 Å². The molecule has 0 aromatic heterocycles. The van der Waals surface area contributed by atoms with E-state index in [2.05, 4.69) is 0 Å². The van der Waals surface area contributed by atoms with Crippen molar-refractivity contribution < 1.29 is 19.2 Å². The van der Waals surface area contributed by atoms with Gasteiger partial charge in [-0.15, -0.1) is 0 Å². The third-order valence-corrected chi connectivity index (χ3v) is 3.00. The molecular formula is C13H16N2O5. The number of nitro benzene ring substituents is 1. The molecule has 108 valence electrons. The summed E-state index contributed by atoms with van der Waals surface area (Å²) in [7, 11) is 0. The van der Waals surface area contributed by atoms with Crippen molar-refractivity contribution in [2.24, 2.45) is 0 Å². The van der Waals surface area contributed by atoms with Gasteiger partial charge in [-0.1, -0.05) is 0 Å². The van der Waals surface area contributed by atoms with Crippen LogP contribution in [0.25, 0.3) is 0 Å². The minimum Gasteiger partial charge on any atom is -0.484 e. The molecule has 20 heavy (non-hydrogen) atoms. The molecule has 2 rings (SSSR count). The summed E-state index contributed by atoms with van der Waals surface area (Å²) >= 11 is 0. The molecule has 1 aliphatic rings. The fraction of sp³-hybridized carbons (Fsp3) is 0.462. The van der Waals surface area contributed by atoms with E-state index in [4.69, 9.17) is 9.47 Å². The molecule has 1 saturated heterocycles. The van der Waals surface area contributed by atoms with Gasteiger partial charge in [-0.05, 0) is 19.1 Å². The average Bonchev–Trinajstić information content (AvgIpc) is 2.45. The minimum absolute atomic E-state index is 0.00863. The molecule has 0 aliphatic carbocycles. The van der Waals surface area contributed by atoms with Crippen LogP contribution < -0.4 is 4.74 Å². The van der Waals surface area contributed by atoms with E-state index in [0.29, 0.717) is 25.4 Å². The quantitative estimate of drug-likeness (QED) is 0.612. The van der Waals surface area contributed by atoms with Crippen molar-refractivity contribution in [2.75, 3.05) is 26.3 Å². The summed E-state index contributed by atoms with van der Waals surface area (Å²) in [6, 6.07) is 5.65. The molecule has 1 amide bonds. The average molecular weight is 280 g/mol. The molecule has 1 aromatic carbocycles. The van der Waals surface area contributed by atoms with E-state index >= 15 is 0 Å². The van der Waals surface area contributed by atoms with Crippen LogP contribution in [0.4, 0.5) is 5.69 Å². The lowest BCUT2D eigenvalue weighted by molar-refractivity contribution is -0.384. The third kappa shape index (κ3) is 3.67. The van der Waals surface area contributed by atoms with Gasteiger partial charge in [0.15, 0.2) is 6.61 Å². The first-order valence-corrected chi connectivity index (χ1v) is 6.33. The maximum absolute atomic E-state index is 11.9. The van der Waals surface area contributed by atoms with Crippen molar-refractivity contribution >= 4 is 11.6 Å². The summed E-state index contributed by atoms with van der Waals surface area (Å²) in [5.74, 6) is 0.323. The van der Waals surface area contributed by atoms with E-state index in [1.54, 1.807) is 4.90 Å². The second-order valence-corrected chi connectivity index (χ2v) is 4.56. The van der Waals surface area contributed by atoms with Crippen molar-refractivity contribution in [1.29, 1.82) is 0 Å². The Morgan fingerprint density at radius 2 is 2.20 bits per heavy atom. The maximum atomic E-state index is 11.9. The molecule has 7 heteroatoms. The Kier molecular flexibility index (Phi) is 4.52. The minimum atomic E-state index is -0.482. The van der Waals surface area contributed by atoms with E-state index in [1.165, 1.54) is 24.3 Å². The fourth-order valence-electron chi connectivity index (χ4n) is 1.95. The van der Waals surface area contributed by atoms with Crippen LogP contribution in [0.2, 0.25) is 0 Å². The lowest BCUT2D eigenvalue weighted by Gasteiger charge is -2.31. The number of hydrogen-bond acceptors (Lipinski definition) is 5. The van der Waals surface area contributed by atoms with Gasteiger partial charge in [-0.25, -0.2) is 0 Å². The van der Waals surface area contributed by atoms with Crippen LogP contribution in [0.15, 0.2) is 24.3 Å². The molecule has 0 spiro atoms. The molecule has 1 fully saturated rings. The zero-order valence-electron chi connectivity index (χ0n) is 11.2. The van der Waals surface area contributed by atoms with Gasteiger partial charge in [0.2, 0.25) is 0 Å². The number of rotatable bonds is 4.